The molecule has 1 aromatic heterocycles. The molecule has 3 rings (SSSR count). The Morgan fingerprint density at radius 2 is 2.15 bits per heavy atom. The summed E-state index contributed by atoms with van der Waals surface area (Å²) in [6, 6.07) is 11.0. The topological polar surface area (TPSA) is 110 Å². The normalized spacial score (nSPS) is 15.7. The number of aliphatic hydroxyl groups excluding tert-OH is 1. The van der Waals surface area contributed by atoms with E-state index in [2.05, 4.69) is 6.07 Å². The third kappa shape index (κ3) is 3.15. The molecule has 27 heavy (non-hydrogen) atoms. The first-order valence-electron chi connectivity index (χ1n) is 8.67. The first-order valence-corrected chi connectivity index (χ1v) is 8.67. The van der Waals surface area contributed by atoms with Gasteiger partial charge in [0.2, 0.25) is 5.88 Å². The minimum Gasteiger partial charge on any atom is -0.494 e. The molecule has 1 aromatic carbocycles. The van der Waals surface area contributed by atoms with Crippen molar-refractivity contribution < 1.29 is 14.6 Å². The van der Waals surface area contributed by atoms with Gasteiger partial charge in [0.15, 0.2) is 0 Å². The Morgan fingerprint density at radius 1 is 1.41 bits per heavy atom. The lowest BCUT2D eigenvalue weighted by Gasteiger charge is -2.28. The fourth-order valence-corrected chi connectivity index (χ4v) is 3.38. The number of rotatable bonds is 5. The van der Waals surface area contributed by atoms with E-state index in [1.54, 1.807) is 19.1 Å². The average molecular weight is 367 g/mol. The second-order valence-corrected chi connectivity index (χ2v) is 6.14. The van der Waals surface area contributed by atoms with E-state index >= 15 is 0 Å². The minimum absolute atomic E-state index is 0.0278. The number of nitrogens with two attached hydrogens (primary N) is 1. The van der Waals surface area contributed by atoms with Gasteiger partial charge in [0, 0.05) is 23.9 Å². The Hall–Kier alpha value is -3.24. The van der Waals surface area contributed by atoms with Crippen molar-refractivity contribution in [3.8, 4) is 17.6 Å². The molecule has 0 saturated carbocycles. The fraction of sp³-hybridized carbons (Fsp3) is 0.300. The first-order chi connectivity index (χ1) is 13.0. The van der Waals surface area contributed by atoms with E-state index in [-0.39, 0.29) is 30.2 Å². The van der Waals surface area contributed by atoms with Gasteiger partial charge >= 0.3 is 0 Å². The van der Waals surface area contributed by atoms with Crippen molar-refractivity contribution in [2.45, 2.75) is 26.3 Å². The molecule has 0 saturated heterocycles. The molecular weight excluding hydrogens is 346 g/mol. The van der Waals surface area contributed by atoms with Crippen LogP contribution in [0.25, 0.3) is 0 Å². The van der Waals surface area contributed by atoms with Crippen LogP contribution >= 0.6 is 0 Å². The van der Waals surface area contributed by atoms with Gasteiger partial charge in [-0.2, -0.15) is 5.26 Å². The Labute approximate surface area is 156 Å². The highest BCUT2D eigenvalue weighted by molar-refractivity contribution is 5.58. The molecular formula is C20H21N3O4. The van der Waals surface area contributed by atoms with Crippen LogP contribution < -0.4 is 20.8 Å². The van der Waals surface area contributed by atoms with Gasteiger partial charge in [0.1, 0.15) is 23.1 Å². The van der Waals surface area contributed by atoms with E-state index in [1.807, 2.05) is 25.1 Å². The molecule has 2 heterocycles. The summed E-state index contributed by atoms with van der Waals surface area (Å²) in [5.74, 6) is 0.158. The number of aryl methyl sites for hydroxylation is 1. The first kappa shape index (κ1) is 18.5. The maximum atomic E-state index is 13.2. The number of pyridine rings is 1. The third-order valence-electron chi connectivity index (χ3n) is 4.54. The average Bonchev–Trinajstić information content (AvgIpc) is 2.65. The largest absolute Gasteiger partial charge is 0.494 e. The molecule has 1 aliphatic heterocycles. The second kappa shape index (κ2) is 7.56. The van der Waals surface area contributed by atoms with E-state index in [4.69, 9.17) is 15.2 Å². The maximum Gasteiger partial charge on any atom is 0.258 e. The number of aliphatic hydroxyl groups is 1. The number of hydrogen-bond acceptors (Lipinski definition) is 6. The zero-order valence-corrected chi connectivity index (χ0v) is 15.2. The molecule has 0 bridgehead atoms. The molecule has 1 atom stereocenters. The van der Waals surface area contributed by atoms with Crippen molar-refractivity contribution in [3.05, 3.63) is 69.0 Å². The van der Waals surface area contributed by atoms with Crippen molar-refractivity contribution in [2.24, 2.45) is 5.73 Å². The zero-order valence-electron chi connectivity index (χ0n) is 15.2. The molecule has 1 unspecified atom stereocenters. The van der Waals surface area contributed by atoms with Crippen LogP contribution in [-0.2, 0) is 6.54 Å². The number of nitriles is 1. The van der Waals surface area contributed by atoms with Gasteiger partial charge in [0.25, 0.3) is 5.56 Å². The van der Waals surface area contributed by atoms with Crippen molar-refractivity contribution in [1.82, 2.24) is 4.57 Å². The Morgan fingerprint density at radius 3 is 2.81 bits per heavy atom. The standard InChI is InChI=1S/C20H21N3O4/c1-3-26-15-7-5-4-6-13(15)17-14(11-21)19(22)27-16-10-12(2)23(8-9-24)20(25)18(16)17/h4-7,10,17,24H,3,8-9,22H2,1-2H3. The molecule has 2 aromatic rings. The lowest BCUT2D eigenvalue weighted by molar-refractivity contribution is 0.271. The lowest BCUT2D eigenvalue weighted by Crippen LogP contribution is -2.33. The molecule has 0 fully saturated rings. The van der Waals surface area contributed by atoms with E-state index in [0.29, 0.717) is 34.9 Å². The van der Waals surface area contributed by atoms with E-state index in [1.165, 1.54) is 4.57 Å². The number of para-hydroxylation sites is 1. The van der Waals surface area contributed by atoms with Crippen LogP contribution in [0.15, 0.2) is 46.6 Å². The zero-order chi connectivity index (χ0) is 19.6. The SMILES string of the molecule is CCOc1ccccc1C1C(C#N)=C(N)Oc2cc(C)n(CCO)c(=O)c21. The fourth-order valence-electron chi connectivity index (χ4n) is 3.38. The van der Waals surface area contributed by atoms with Crippen molar-refractivity contribution >= 4 is 0 Å². The molecule has 140 valence electrons. The Balaban J connectivity index is 2.33. The summed E-state index contributed by atoms with van der Waals surface area (Å²) < 4.78 is 12.8. The number of hydrogen-bond donors (Lipinski definition) is 2. The Bertz CT molecular complexity index is 1000. The van der Waals surface area contributed by atoms with E-state index in [9.17, 15) is 15.2 Å². The number of ether oxygens (including phenoxy) is 2. The number of fused-ring (bicyclic) bond motifs is 1. The highest BCUT2D eigenvalue weighted by atomic mass is 16.5. The molecule has 0 aliphatic carbocycles. The summed E-state index contributed by atoms with van der Waals surface area (Å²) in [4.78, 5) is 13.2. The Kier molecular flexibility index (Phi) is 5.19. The molecule has 3 N–H and O–H groups in total. The molecule has 0 radical (unpaired) electrons. The van der Waals surface area contributed by atoms with Gasteiger partial charge in [0.05, 0.1) is 24.7 Å². The van der Waals surface area contributed by atoms with Gasteiger partial charge < -0.3 is 24.9 Å². The predicted molar refractivity (Wildman–Crippen MR) is 99.4 cm³/mol. The van der Waals surface area contributed by atoms with Gasteiger partial charge in [-0.1, -0.05) is 18.2 Å². The van der Waals surface area contributed by atoms with Crippen LogP contribution in [0.4, 0.5) is 0 Å². The van der Waals surface area contributed by atoms with Crippen molar-refractivity contribution in [2.75, 3.05) is 13.2 Å². The van der Waals surface area contributed by atoms with Crippen LogP contribution in [-0.4, -0.2) is 22.9 Å². The van der Waals surface area contributed by atoms with Crippen molar-refractivity contribution in [3.63, 3.8) is 0 Å². The summed E-state index contributed by atoms with van der Waals surface area (Å²) in [7, 11) is 0. The molecule has 7 nitrogen and oxygen atoms in total. The number of nitrogens with zero attached hydrogens (tertiary/aromatic N) is 2. The number of benzene rings is 1. The highest BCUT2D eigenvalue weighted by Crippen LogP contribution is 2.43. The van der Waals surface area contributed by atoms with Crippen LogP contribution in [0.1, 0.15) is 29.7 Å². The highest BCUT2D eigenvalue weighted by Gasteiger charge is 2.35. The monoisotopic (exact) mass is 367 g/mol. The smallest absolute Gasteiger partial charge is 0.258 e. The number of allylic oxidation sites excluding steroid dienone is 1. The summed E-state index contributed by atoms with van der Waals surface area (Å²) in [6.07, 6.45) is 0. The van der Waals surface area contributed by atoms with Crippen LogP contribution in [0.5, 0.6) is 11.5 Å². The molecule has 7 heteroatoms. The van der Waals surface area contributed by atoms with Crippen LogP contribution in [0.2, 0.25) is 0 Å². The maximum absolute atomic E-state index is 13.2. The molecule has 1 aliphatic rings. The van der Waals surface area contributed by atoms with Crippen molar-refractivity contribution in [1.29, 1.82) is 5.26 Å². The predicted octanol–water partition coefficient (Wildman–Crippen LogP) is 1.77. The summed E-state index contributed by atoms with van der Waals surface area (Å²) >= 11 is 0. The van der Waals surface area contributed by atoms with Gasteiger partial charge in [-0.3, -0.25) is 4.79 Å². The van der Waals surface area contributed by atoms with E-state index < -0.39 is 5.92 Å². The summed E-state index contributed by atoms with van der Waals surface area (Å²) in [6.45, 7) is 4.03. The van der Waals surface area contributed by atoms with E-state index in [0.717, 1.165) is 0 Å². The molecule has 0 amide bonds. The van der Waals surface area contributed by atoms with Crippen LogP contribution in [0.3, 0.4) is 0 Å². The third-order valence-corrected chi connectivity index (χ3v) is 4.54. The van der Waals surface area contributed by atoms with Gasteiger partial charge in [-0.05, 0) is 19.9 Å². The van der Waals surface area contributed by atoms with Crippen LogP contribution in [0, 0.1) is 18.3 Å². The summed E-state index contributed by atoms with van der Waals surface area (Å²) in [5, 5.41) is 19.0. The molecule has 0 spiro atoms. The quantitative estimate of drug-likeness (QED) is 0.833. The number of aromatic nitrogens is 1. The summed E-state index contributed by atoms with van der Waals surface area (Å²) in [5.41, 5.74) is 7.45. The van der Waals surface area contributed by atoms with Gasteiger partial charge in [-0.25, -0.2) is 0 Å². The second-order valence-electron chi connectivity index (χ2n) is 6.14. The van der Waals surface area contributed by atoms with Gasteiger partial charge in [-0.15, -0.1) is 0 Å². The minimum atomic E-state index is -0.709. The lowest BCUT2D eigenvalue weighted by atomic mass is 9.83.